The fraction of sp³-hybridized carbons (Fsp3) is 0.412. The molecule has 0 aliphatic carbocycles. The highest BCUT2D eigenvalue weighted by Crippen LogP contribution is 2.33. The molecule has 6 nitrogen and oxygen atoms in total. The monoisotopic (exact) mass is 313 g/mol. The first-order chi connectivity index (χ1) is 11.2. The van der Waals surface area contributed by atoms with E-state index in [-0.39, 0.29) is 18.1 Å². The van der Waals surface area contributed by atoms with Crippen LogP contribution in [0.3, 0.4) is 0 Å². The molecule has 1 aromatic heterocycles. The third-order valence-corrected chi connectivity index (χ3v) is 4.38. The maximum atomic E-state index is 12.6. The number of nitrogens with one attached hydrogen (secondary N) is 1. The van der Waals surface area contributed by atoms with Crippen LogP contribution in [0.1, 0.15) is 19.2 Å². The van der Waals surface area contributed by atoms with Crippen LogP contribution in [0.5, 0.6) is 11.5 Å². The number of para-hydroxylation sites is 2. The average Bonchev–Trinajstić information content (AvgIpc) is 3.01. The molecule has 3 heterocycles. The minimum Gasteiger partial charge on any atom is -0.482 e. The number of hydrogen-bond donors (Lipinski definition) is 1. The second kappa shape index (κ2) is 5.61. The summed E-state index contributed by atoms with van der Waals surface area (Å²) in [5.41, 5.74) is 0. The lowest BCUT2D eigenvalue weighted by atomic mass is 10.1. The number of benzene rings is 1. The highest BCUT2D eigenvalue weighted by Gasteiger charge is 2.35. The standard InChI is InChI=1S/C17H19N3O3/c1-11-16(23-14-5-3-2-4-13(14)22-11)17(21)19-12-6-7-15-18-8-9-20(15)10-12/h2-5,8-9,11-12,16H,6-7,10H2,1H3,(H,19,21)/t11-,12+,16+/m0/s1. The molecule has 120 valence electrons. The molecule has 0 fully saturated rings. The van der Waals surface area contributed by atoms with Gasteiger partial charge in [0.05, 0.1) is 0 Å². The van der Waals surface area contributed by atoms with Gasteiger partial charge in [0.1, 0.15) is 11.9 Å². The van der Waals surface area contributed by atoms with Crippen molar-refractivity contribution in [2.24, 2.45) is 0 Å². The Balaban J connectivity index is 1.44. The summed E-state index contributed by atoms with van der Waals surface area (Å²) >= 11 is 0. The van der Waals surface area contributed by atoms with Crippen molar-refractivity contribution in [1.82, 2.24) is 14.9 Å². The molecule has 3 atom stereocenters. The molecule has 4 rings (SSSR count). The Morgan fingerprint density at radius 2 is 2.09 bits per heavy atom. The quantitative estimate of drug-likeness (QED) is 0.913. The number of aryl methyl sites for hydroxylation is 1. The van der Waals surface area contributed by atoms with E-state index in [0.717, 1.165) is 25.2 Å². The number of imidazole rings is 1. The van der Waals surface area contributed by atoms with Gasteiger partial charge in [0, 0.05) is 31.4 Å². The molecular weight excluding hydrogens is 294 g/mol. The van der Waals surface area contributed by atoms with E-state index in [1.807, 2.05) is 37.4 Å². The fourth-order valence-corrected chi connectivity index (χ4v) is 3.17. The normalized spacial score (nSPS) is 25.5. The highest BCUT2D eigenvalue weighted by atomic mass is 16.6. The smallest absolute Gasteiger partial charge is 0.265 e. The van der Waals surface area contributed by atoms with Crippen molar-refractivity contribution in [2.75, 3.05) is 0 Å². The summed E-state index contributed by atoms with van der Waals surface area (Å²) in [4.78, 5) is 16.9. The summed E-state index contributed by atoms with van der Waals surface area (Å²) in [6, 6.07) is 7.52. The van der Waals surface area contributed by atoms with Crippen molar-refractivity contribution < 1.29 is 14.3 Å². The van der Waals surface area contributed by atoms with Gasteiger partial charge >= 0.3 is 0 Å². The number of amides is 1. The molecule has 0 spiro atoms. The Bertz CT molecular complexity index is 727. The molecule has 2 aliphatic rings. The number of nitrogens with zero attached hydrogens (tertiary/aromatic N) is 2. The van der Waals surface area contributed by atoms with Crippen molar-refractivity contribution >= 4 is 5.91 Å². The van der Waals surface area contributed by atoms with Gasteiger partial charge in [-0.05, 0) is 25.5 Å². The first kappa shape index (κ1) is 14.1. The van der Waals surface area contributed by atoms with E-state index in [1.165, 1.54) is 0 Å². The minimum atomic E-state index is -0.630. The molecule has 0 saturated carbocycles. The highest BCUT2D eigenvalue weighted by molar-refractivity contribution is 5.82. The summed E-state index contributed by atoms with van der Waals surface area (Å²) in [5.74, 6) is 2.26. The van der Waals surface area contributed by atoms with E-state index in [4.69, 9.17) is 9.47 Å². The molecule has 0 bridgehead atoms. The number of ether oxygens (including phenoxy) is 2. The van der Waals surface area contributed by atoms with Crippen LogP contribution in [0, 0.1) is 0 Å². The number of rotatable bonds is 2. The molecule has 2 aromatic rings. The van der Waals surface area contributed by atoms with Crippen LogP contribution in [0.4, 0.5) is 0 Å². The lowest BCUT2D eigenvalue weighted by Crippen LogP contribution is -2.52. The van der Waals surface area contributed by atoms with Gasteiger partial charge in [0.2, 0.25) is 6.10 Å². The van der Waals surface area contributed by atoms with Crippen molar-refractivity contribution in [2.45, 2.75) is 44.6 Å². The van der Waals surface area contributed by atoms with Crippen molar-refractivity contribution in [1.29, 1.82) is 0 Å². The van der Waals surface area contributed by atoms with Crippen LogP contribution in [0.15, 0.2) is 36.7 Å². The van der Waals surface area contributed by atoms with Gasteiger partial charge in [-0.1, -0.05) is 12.1 Å². The predicted molar refractivity (Wildman–Crippen MR) is 83.4 cm³/mol. The number of aromatic nitrogens is 2. The Labute approximate surface area is 134 Å². The van der Waals surface area contributed by atoms with Crippen molar-refractivity contribution in [3.05, 3.63) is 42.5 Å². The second-order valence-corrected chi connectivity index (χ2v) is 6.05. The predicted octanol–water partition coefficient (Wildman–Crippen LogP) is 1.54. The molecule has 1 aromatic carbocycles. The SMILES string of the molecule is C[C@@H]1Oc2ccccc2O[C@H]1C(=O)N[C@@H]1CCc2nccn2C1. The molecule has 0 unspecified atom stereocenters. The number of carbonyl (C=O) groups is 1. The van der Waals surface area contributed by atoms with Gasteiger partial charge in [-0.2, -0.15) is 0 Å². The van der Waals surface area contributed by atoms with Crippen molar-refractivity contribution in [3.63, 3.8) is 0 Å². The van der Waals surface area contributed by atoms with E-state index in [2.05, 4.69) is 14.9 Å². The lowest BCUT2D eigenvalue weighted by Gasteiger charge is -2.33. The Morgan fingerprint density at radius 1 is 1.30 bits per heavy atom. The topological polar surface area (TPSA) is 65.4 Å². The van der Waals surface area contributed by atoms with Crippen LogP contribution in [0.2, 0.25) is 0 Å². The summed E-state index contributed by atoms with van der Waals surface area (Å²) in [7, 11) is 0. The van der Waals surface area contributed by atoms with Crippen LogP contribution >= 0.6 is 0 Å². The van der Waals surface area contributed by atoms with Gasteiger partial charge in [0.15, 0.2) is 11.5 Å². The third kappa shape index (κ3) is 2.65. The Kier molecular flexibility index (Phi) is 3.44. The summed E-state index contributed by atoms with van der Waals surface area (Å²) in [6.45, 7) is 2.61. The lowest BCUT2D eigenvalue weighted by molar-refractivity contribution is -0.134. The summed E-state index contributed by atoms with van der Waals surface area (Å²) < 4.78 is 13.7. The van der Waals surface area contributed by atoms with E-state index < -0.39 is 6.10 Å². The largest absolute Gasteiger partial charge is 0.482 e. The fourth-order valence-electron chi connectivity index (χ4n) is 3.17. The van der Waals surface area contributed by atoms with Gasteiger partial charge in [0.25, 0.3) is 5.91 Å². The van der Waals surface area contributed by atoms with Gasteiger partial charge in [-0.3, -0.25) is 4.79 Å². The number of carbonyl (C=O) groups excluding carboxylic acids is 1. The molecule has 1 N–H and O–H groups in total. The molecule has 2 aliphatic heterocycles. The van der Waals surface area contributed by atoms with Gasteiger partial charge in [-0.15, -0.1) is 0 Å². The van der Waals surface area contributed by atoms with Crippen LogP contribution in [-0.2, 0) is 17.8 Å². The first-order valence-electron chi connectivity index (χ1n) is 7.93. The van der Waals surface area contributed by atoms with Crippen LogP contribution in [-0.4, -0.2) is 33.7 Å². The van der Waals surface area contributed by atoms with Crippen molar-refractivity contribution in [3.8, 4) is 11.5 Å². The third-order valence-electron chi connectivity index (χ3n) is 4.38. The van der Waals surface area contributed by atoms with E-state index in [9.17, 15) is 4.79 Å². The zero-order valence-corrected chi connectivity index (χ0v) is 12.9. The number of hydrogen-bond acceptors (Lipinski definition) is 4. The zero-order valence-electron chi connectivity index (χ0n) is 12.9. The maximum absolute atomic E-state index is 12.6. The molecule has 0 saturated heterocycles. The Hall–Kier alpha value is -2.50. The molecule has 0 radical (unpaired) electrons. The van der Waals surface area contributed by atoms with E-state index in [1.54, 1.807) is 6.20 Å². The van der Waals surface area contributed by atoms with Gasteiger partial charge in [-0.25, -0.2) is 4.98 Å². The van der Waals surface area contributed by atoms with E-state index >= 15 is 0 Å². The molecule has 6 heteroatoms. The molecule has 23 heavy (non-hydrogen) atoms. The average molecular weight is 313 g/mol. The van der Waals surface area contributed by atoms with Crippen LogP contribution < -0.4 is 14.8 Å². The first-order valence-corrected chi connectivity index (χ1v) is 7.93. The molecular formula is C17H19N3O3. The van der Waals surface area contributed by atoms with E-state index in [0.29, 0.717) is 11.5 Å². The zero-order chi connectivity index (χ0) is 15.8. The maximum Gasteiger partial charge on any atom is 0.265 e. The van der Waals surface area contributed by atoms with Gasteiger partial charge < -0.3 is 19.4 Å². The Morgan fingerprint density at radius 3 is 2.91 bits per heavy atom. The number of fused-ring (bicyclic) bond motifs is 2. The second-order valence-electron chi connectivity index (χ2n) is 6.05. The van der Waals surface area contributed by atoms with Crippen LogP contribution in [0.25, 0.3) is 0 Å². The minimum absolute atomic E-state index is 0.0946. The molecule has 1 amide bonds. The summed E-state index contributed by atoms with van der Waals surface area (Å²) in [5, 5.41) is 3.09. The summed E-state index contributed by atoms with van der Waals surface area (Å²) in [6.07, 6.45) is 4.56.